The van der Waals surface area contributed by atoms with Crippen molar-refractivity contribution in [3.63, 3.8) is 0 Å². The normalized spacial score (nSPS) is 19.6. The van der Waals surface area contributed by atoms with E-state index in [-0.39, 0.29) is 6.61 Å². The lowest BCUT2D eigenvalue weighted by Crippen LogP contribution is -2.38. The fourth-order valence-corrected chi connectivity index (χ4v) is 2.56. The monoisotopic (exact) mass is 313 g/mol. The Morgan fingerprint density at radius 3 is 3.00 bits per heavy atom. The second kappa shape index (κ2) is 7.19. The third kappa shape index (κ3) is 4.31. The number of pyridine rings is 1. The van der Waals surface area contributed by atoms with E-state index in [0.29, 0.717) is 12.6 Å². The van der Waals surface area contributed by atoms with Gasteiger partial charge in [0.05, 0.1) is 12.3 Å². The SMILES string of the molecule is OCCN(Cc1ccc(Br)cn1)CC1CCCN1. The summed E-state index contributed by atoms with van der Waals surface area (Å²) in [7, 11) is 0. The lowest BCUT2D eigenvalue weighted by atomic mass is 10.2. The summed E-state index contributed by atoms with van der Waals surface area (Å²) in [6, 6.07) is 4.59. The van der Waals surface area contributed by atoms with Gasteiger partial charge in [0.25, 0.3) is 0 Å². The van der Waals surface area contributed by atoms with Crippen molar-refractivity contribution in [1.82, 2.24) is 15.2 Å². The van der Waals surface area contributed by atoms with E-state index in [9.17, 15) is 0 Å². The summed E-state index contributed by atoms with van der Waals surface area (Å²) in [4.78, 5) is 6.65. The lowest BCUT2D eigenvalue weighted by molar-refractivity contribution is 0.177. The van der Waals surface area contributed by atoms with Gasteiger partial charge >= 0.3 is 0 Å². The summed E-state index contributed by atoms with van der Waals surface area (Å²) in [5, 5.41) is 12.6. The maximum Gasteiger partial charge on any atom is 0.0558 e. The second-order valence-electron chi connectivity index (χ2n) is 4.72. The molecule has 1 aromatic rings. The van der Waals surface area contributed by atoms with Gasteiger partial charge in [0.15, 0.2) is 0 Å². The molecule has 1 saturated heterocycles. The van der Waals surface area contributed by atoms with E-state index in [1.54, 1.807) is 0 Å². The highest BCUT2D eigenvalue weighted by Gasteiger charge is 2.17. The molecule has 0 aromatic carbocycles. The van der Waals surface area contributed by atoms with Crippen LogP contribution in [0.2, 0.25) is 0 Å². The topological polar surface area (TPSA) is 48.4 Å². The molecule has 1 fully saturated rings. The largest absolute Gasteiger partial charge is 0.395 e. The number of nitrogens with zero attached hydrogens (tertiary/aromatic N) is 2. The van der Waals surface area contributed by atoms with Crippen LogP contribution in [0.5, 0.6) is 0 Å². The van der Waals surface area contributed by atoms with Gasteiger partial charge in [-0.2, -0.15) is 0 Å². The van der Waals surface area contributed by atoms with Gasteiger partial charge in [-0.3, -0.25) is 9.88 Å². The van der Waals surface area contributed by atoms with Crippen LogP contribution >= 0.6 is 15.9 Å². The van der Waals surface area contributed by atoms with Gasteiger partial charge in [0.2, 0.25) is 0 Å². The van der Waals surface area contributed by atoms with Crippen molar-refractivity contribution in [2.75, 3.05) is 26.2 Å². The average Bonchev–Trinajstić information content (AvgIpc) is 2.85. The van der Waals surface area contributed by atoms with Crippen LogP contribution in [0, 0.1) is 0 Å². The summed E-state index contributed by atoms with van der Waals surface area (Å²) in [6.07, 6.45) is 4.31. The highest BCUT2D eigenvalue weighted by atomic mass is 79.9. The smallest absolute Gasteiger partial charge is 0.0558 e. The molecule has 18 heavy (non-hydrogen) atoms. The minimum Gasteiger partial charge on any atom is -0.395 e. The van der Waals surface area contributed by atoms with Crippen molar-refractivity contribution >= 4 is 15.9 Å². The highest BCUT2D eigenvalue weighted by Crippen LogP contribution is 2.11. The molecule has 2 rings (SSSR count). The van der Waals surface area contributed by atoms with Crippen molar-refractivity contribution < 1.29 is 5.11 Å². The Kier molecular flexibility index (Phi) is 5.56. The van der Waals surface area contributed by atoms with Gasteiger partial charge in [0, 0.05) is 36.3 Å². The van der Waals surface area contributed by atoms with Gasteiger partial charge in [0.1, 0.15) is 0 Å². The van der Waals surface area contributed by atoms with Crippen LogP contribution in [0.1, 0.15) is 18.5 Å². The number of aromatic nitrogens is 1. The van der Waals surface area contributed by atoms with Gasteiger partial charge in [-0.1, -0.05) is 0 Å². The Morgan fingerprint density at radius 2 is 2.39 bits per heavy atom. The van der Waals surface area contributed by atoms with Crippen LogP contribution < -0.4 is 5.32 Å². The van der Waals surface area contributed by atoms with Gasteiger partial charge < -0.3 is 10.4 Å². The lowest BCUT2D eigenvalue weighted by Gasteiger charge is -2.24. The molecule has 100 valence electrons. The molecule has 0 amide bonds. The van der Waals surface area contributed by atoms with Crippen LogP contribution in [0.25, 0.3) is 0 Å². The minimum atomic E-state index is 0.198. The number of nitrogens with one attached hydrogen (secondary N) is 1. The van der Waals surface area contributed by atoms with Crippen LogP contribution in [0.4, 0.5) is 0 Å². The van der Waals surface area contributed by atoms with E-state index in [0.717, 1.165) is 29.8 Å². The van der Waals surface area contributed by atoms with E-state index in [1.807, 2.05) is 18.3 Å². The molecule has 2 heterocycles. The summed E-state index contributed by atoms with van der Waals surface area (Å²) in [5.74, 6) is 0. The van der Waals surface area contributed by atoms with Crippen molar-refractivity contribution in [3.8, 4) is 0 Å². The van der Waals surface area contributed by atoms with Crippen LogP contribution in [-0.4, -0.2) is 47.3 Å². The van der Waals surface area contributed by atoms with E-state index >= 15 is 0 Å². The molecular formula is C13H20BrN3O. The number of hydrogen-bond donors (Lipinski definition) is 2. The molecule has 1 aliphatic heterocycles. The Bertz CT molecular complexity index is 352. The zero-order valence-corrected chi connectivity index (χ0v) is 12.1. The van der Waals surface area contributed by atoms with Crippen molar-refractivity contribution in [2.24, 2.45) is 0 Å². The Balaban J connectivity index is 1.90. The summed E-state index contributed by atoms with van der Waals surface area (Å²) in [6.45, 7) is 3.80. The van der Waals surface area contributed by atoms with E-state index in [4.69, 9.17) is 5.11 Å². The van der Waals surface area contributed by atoms with Crippen LogP contribution in [0.15, 0.2) is 22.8 Å². The number of hydrogen-bond acceptors (Lipinski definition) is 4. The average molecular weight is 314 g/mol. The zero-order chi connectivity index (χ0) is 12.8. The van der Waals surface area contributed by atoms with E-state index < -0.39 is 0 Å². The van der Waals surface area contributed by atoms with Gasteiger partial charge in [-0.25, -0.2) is 0 Å². The first-order valence-corrected chi connectivity index (χ1v) is 7.24. The number of halogens is 1. The Morgan fingerprint density at radius 1 is 1.50 bits per heavy atom. The summed E-state index contributed by atoms with van der Waals surface area (Å²) in [5.41, 5.74) is 1.05. The van der Waals surface area contributed by atoms with Crippen LogP contribution in [0.3, 0.4) is 0 Å². The quantitative estimate of drug-likeness (QED) is 0.833. The van der Waals surface area contributed by atoms with E-state index in [1.165, 1.54) is 12.8 Å². The number of aliphatic hydroxyl groups excluding tert-OH is 1. The van der Waals surface area contributed by atoms with Gasteiger partial charge in [-0.05, 0) is 47.4 Å². The second-order valence-corrected chi connectivity index (χ2v) is 5.64. The zero-order valence-electron chi connectivity index (χ0n) is 10.5. The predicted molar refractivity (Wildman–Crippen MR) is 75.3 cm³/mol. The third-order valence-corrected chi connectivity index (χ3v) is 3.70. The van der Waals surface area contributed by atoms with Crippen molar-refractivity contribution in [2.45, 2.75) is 25.4 Å². The molecule has 1 aliphatic rings. The first-order valence-electron chi connectivity index (χ1n) is 6.45. The molecular weight excluding hydrogens is 294 g/mol. The third-order valence-electron chi connectivity index (χ3n) is 3.23. The molecule has 5 heteroatoms. The van der Waals surface area contributed by atoms with Crippen LogP contribution in [-0.2, 0) is 6.54 Å². The molecule has 1 atom stereocenters. The molecule has 1 unspecified atom stereocenters. The number of aliphatic hydroxyl groups is 1. The minimum absolute atomic E-state index is 0.198. The van der Waals surface area contributed by atoms with Gasteiger partial charge in [-0.15, -0.1) is 0 Å². The Labute approximate surface area is 117 Å². The predicted octanol–water partition coefficient (Wildman–Crippen LogP) is 1.39. The maximum atomic E-state index is 9.14. The molecule has 0 aliphatic carbocycles. The highest BCUT2D eigenvalue weighted by molar-refractivity contribution is 9.10. The maximum absolute atomic E-state index is 9.14. The van der Waals surface area contributed by atoms with Crippen molar-refractivity contribution in [1.29, 1.82) is 0 Å². The van der Waals surface area contributed by atoms with E-state index in [2.05, 4.69) is 31.1 Å². The molecule has 0 saturated carbocycles. The molecule has 2 N–H and O–H groups in total. The summed E-state index contributed by atoms with van der Waals surface area (Å²) < 4.78 is 0.998. The fourth-order valence-electron chi connectivity index (χ4n) is 2.33. The number of rotatable bonds is 6. The molecule has 0 bridgehead atoms. The fraction of sp³-hybridized carbons (Fsp3) is 0.615. The first-order chi connectivity index (χ1) is 8.78. The first kappa shape index (κ1) is 13.9. The standard InChI is InChI=1S/C13H20BrN3O/c14-11-3-4-13(16-8-11)10-17(6-7-18)9-12-2-1-5-15-12/h3-4,8,12,15,18H,1-2,5-7,9-10H2. The molecule has 1 aromatic heterocycles. The van der Waals surface area contributed by atoms with Crippen molar-refractivity contribution in [3.05, 3.63) is 28.5 Å². The molecule has 4 nitrogen and oxygen atoms in total. The summed E-state index contributed by atoms with van der Waals surface area (Å²) >= 11 is 3.39. The molecule has 0 radical (unpaired) electrons. The molecule has 0 spiro atoms. The Hall–Kier alpha value is -0.490.